The van der Waals surface area contributed by atoms with Gasteiger partial charge in [0, 0.05) is 12.6 Å². The summed E-state index contributed by atoms with van der Waals surface area (Å²) in [7, 11) is 1.44. The van der Waals surface area contributed by atoms with Crippen LogP contribution >= 0.6 is 0 Å². The number of hydrogen-bond donors (Lipinski definition) is 1. The van der Waals surface area contributed by atoms with Gasteiger partial charge < -0.3 is 5.11 Å². The summed E-state index contributed by atoms with van der Waals surface area (Å²) in [4.78, 5) is 66.0. The Morgan fingerprint density at radius 3 is 1.88 bits per heavy atom. The third-order valence-corrected chi connectivity index (χ3v) is 7.14. The van der Waals surface area contributed by atoms with Crippen molar-refractivity contribution in [3.8, 4) is 5.75 Å². The fourth-order valence-electron chi connectivity index (χ4n) is 5.35. The predicted octanol–water partition coefficient (Wildman–Crippen LogP) is 2.06. The zero-order chi connectivity index (χ0) is 23.6. The third kappa shape index (κ3) is 3.08. The molecule has 2 aliphatic heterocycles. The lowest BCUT2D eigenvalue weighted by Crippen LogP contribution is -2.35. The molecule has 1 aliphatic carbocycles. The van der Waals surface area contributed by atoms with Crippen LogP contribution in [0.4, 0.5) is 5.69 Å². The maximum absolute atomic E-state index is 13.1. The van der Waals surface area contributed by atoms with Crippen LogP contribution in [-0.2, 0) is 19.2 Å². The summed E-state index contributed by atoms with van der Waals surface area (Å²) < 4.78 is 0. The first-order valence-electron chi connectivity index (χ1n) is 10.8. The molecule has 33 heavy (non-hydrogen) atoms. The van der Waals surface area contributed by atoms with E-state index in [9.17, 15) is 29.1 Å². The van der Waals surface area contributed by atoms with Gasteiger partial charge in [0.2, 0.25) is 23.6 Å². The van der Waals surface area contributed by atoms with E-state index in [-0.39, 0.29) is 53.6 Å². The first-order valence-corrected chi connectivity index (χ1v) is 10.8. The number of carbonyl (C=O) groups is 5. The Morgan fingerprint density at radius 2 is 1.33 bits per heavy atom. The molecule has 4 unspecified atom stereocenters. The molecule has 0 radical (unpaired) electrons. The van der Waals surface area contributed by atoms with Crippen LogP contribution in [-0.4, -0.2) is 46.5 Å². The maximum Gasteiger partial charge on any atom is 0.237 e. The van der Waals surface area contributed by atoms with Crippen LogP contribution in [0.2, 0.25) is 0 Å². The van der Waals surface area contributed by atoms with Gasteiger partial charge in [0.05, 0.1) is 34.9 Å². The monoisotopic (exact) mass is 446 g/mol. The number of hydrogen-bond acceptors (Lipinski definition) is 6. The second-order valence-corrected chi connectivity index (χ2v) is 9.04. The number of anilines is 1. The number of amides is 4. The molecule has 1 N–H and O–H groups in total. The fourth-order valence-corrected chi connectivity index (χ4v) is 5.35. The number of aromatic hydroxyl groups is 1. The summed E-state index contributed by atoms with van der Waals surface area (Å²) in [6.45, 7) is 1.82. The van der Waals surface area contributed by atoms with Crippen LogP contribution in [0.3, 0.4) is 0 Å². The average Bonchev–Trinajstić information content (AvgIpc) is 3.18. The lowest BCUT2D eigenvalue weighted by molar-refractivity contribution is -0.138. The van der Waals surface area contributed by atoms with Gasteiger partial charge >= 0.3 is 0 Å². The fraction of sp³-hybridized carbons (Fsp3) is 0.320. The Morgan fingerprint density at radius 1 is 0.818 bits per heavy atom. The summed E-state index contributed by atoms with van der Waals surface area (Å²) in [6, 6.07) is 10.8. The zero-order valence-corrected chi connectivity index (χ0v) is 18.1. The quantitative estimate of drug-likeness (QED) is 0.571. The Balaban J connectivity index is 1.40. The van der Waals surface area contributed by atoms with Gasteiger partial charge in [-0.2, -0.15) is 0 Å². The van der Waals surface area contributed by atoms with Crippen LogP contribution in [0.15, 0.2) is 42.5 Å². The molecular formula is C25H22N2O6. The highest BCUT2D eigenvalue weighted by molar-refractivity contribution is 6.23. The number of phenolic OH excluding ortho intramolecular Hbond substituents is 1. The first kappa shape index (κ1) is 21.1. The number of benzene rings is 2. The van der Waals surface area contributed by atoms with Crippen molar-refractivity contribution in [3.63, 3.8) is 0 Å². The van der Waals surface area contributed by atoms with Crippen molar-refractivity contribution in [1.82, 2.24) is 4.90 Å². The van der Waals surface area contributed by atoms with E-state index >= 15 is 0 Å². The second kappa shape index (κ2) is 7.37. The molecule has 0 bridgehead atoms. The highest BCUT2D eigenvalue weighted by atomic mass is 16.3. The van der Waals surface area contributed by atoms with Crippen molar-refractivity contribution < 1.29 is 29.1 Å². The van der Waals surface area contributed by atoms with E-state index in [2.05, 4.69) is 0 Å². The van der Waals surface area contributed by atoms with Crippen molar-refractivity contribution in [2.24, 2.45) is 23.7 Å². The highest BCUT2D eigenvalue weighted by Crippen LogP contribution is 2.48. The second-order valence-electron chi connectivity index (χ2n) is 9.04. The maximum atomic E-state index is 13.1. The number of imide groups is 2. The highest BCUT2D eigenvalue weighted by Gasteiger charge is 2.59. The predicted molar refractivity (Wildman–Crippen MR) is 116 cm³/mol. The Hall–Kier alpha value is -3.81. The van der Waals surface area contributed by atoms with E-state index in [4.69, 9.17) is 0 Å². The first-order chi connectivity index (χ1) is 15.7. The average molecular weight is 446 g/mol. The summed E-state index contributed by atoms with van der Waals surface area (Å²) >= 11 is 0. The van der Waals surface area contributed by atoms with Crippen LogP contribution in [0.1, 0.15) is 34.3 Å². The normalized spacial score (nSPS) is 26.6. The molecule has 5 rings (SSSR count). The molecular weight excluding hydrogens is 424 g/mol. The summed E-state index contributed by atoms with van der Waals surface area (Å²) in [5, 5.41) is 10.0. The van der Waals surface area contributed by atoms with Gasteiger partial charge in [0.25, 0.3) is 0 Å². The number of carbonyl (C=O) groups excluding carboxylic acids is 5. The molecule has 2 heterocycles. The molecule has 2 saturated heterocycles. The largest absolute Gasteiger partial charge is 0.507 e. The SMILES string of the molecule is Cc1ccc(O)c(C(=O)c2ccc(N3C(=O)C4CC5C(=O)N(C)C(=O)C5CC4C3=O)cc2)c1. The Labute approximate surface area is 189 Å². The van der Waals surface area contributed by atoms with E-state index in [0.717, 1.165) is 15.4 Å². The smallest absolute Gasteiger partial charge is 0.237 e. The van der Waals surface area contributed by atoms with E-state index in [1.807, 2.05) is 6.92 Å². The van der Waals surface area contributed by atoms with Gasteiger partial charge in [-0.05, 0) is 56.2 Å². The molecule has 3 aliphatic rings. The lowest BCUT2D eigenvalue weighted by Gasteiger charge is -2.28. The van der Waals surface area contributed by atoms with Gasteiger partial charge in [0.1, 0.15) is 5.75 Å². The van der Waals surface area contributed by atoms with E-state index in [0.29, 0.717) is 11.3 Å². The zero-order valence-electron chi connectivity index (χ0n) is 18.1. The van der Waals surface area contributed by atoms with E-state index in [1.165, 1.54) is 37.4 Å². The number of ketones is 1. The molecule has 8 heteroatoms. The summed E-state index contributed by atoms with van der Waals surface area (Å²) in [5.41, 5.74) is 1.65. The van der Waals surface area contributed by atoms with Crippen LogP contribution < -0.4 is 4.90 Å². The minimum Gasteiger partial charge on any atom is -0.507 e. The number of rotatable bonds is 3. The van der Waals surface area contributed by atoms with Crippen LogP contribution in [0.5, 0.6) is 5.75 Å². The molecule has 0 spiro atoms. The minimum absolute atomic E-state index is 0.121. The molecule has 8 nitrogen and oxygen atoms in total. The topological polar surface area (TPSA) is 112 Å². The molecule has 168 valence electrons. The van der Waals surface area contributed by atoms with Gasteiger partial charge in [-0.15, -0.1) is 0 Å². The van der Waals surface area contributed by atoms with Crippen molar-refractivity contribution in [1.29, 1.82) is 0 Å². The number of nitrogens with zero attached hydrogens (tertiary/aromatic N) is 2. The molecule has 2 aromatic rings. The molecule has 4 atom stereocenters. The number of phenols is 1. The lowest BCUT2D eigenvalue weighted by atomic mass is 9.70. The van der Waals surface area contributed by atoms with Crippen LogP contribution in [0.25, 0.3) is 0 Å². The van der Waals surface area contributed by atoms with Crippen molar-refractivity contribution in [2.45, 2.75) is 19.8 Å². The summed E-state index contributed by atoms with van der Waals surface area (Å²) in [6.07, 6.45) is 0.378. The number of likely N-dealkylation sites (tertiary alicyclic amines) is 1. The van der Waals surface area contributed by atoms with Crippen molar-refractivity contribution >= 4 is 35.1 Å². The van der Waals surface area contributed by atoms with Crippen molar-refractivity contribution in [2.75, 3.05) is 11.9 Å². The Kier molecular flexibility index (Phi) is 4.70. The minimum atomic E-state index is -0.632. The van der Waals surface area contributed by atoms with E-state index < -0.39 is 23.7 Å². The Bertz CT molecular complexity index is 1190. The molecule has 4 amide bonds. The third-order valence-electron chi connectivity index (χ3n) is 7.14. The van der Waals surface area contributed by atoms with Gasteiger partial charge in [-0.1, -0.05) is 11.6 Å². The van der Waals surface area contributed by atoms with Crippen molar-refractivity contribution in [3.05, 3.63) is 59.2 Å². The van der Waals surface area contributed by atoms with Gasteiger partial charge in [-0.3, -0.25) is 33.8 Å². The number of fused-ring (bicyclic) bond motifs is 2. The molecule has 0 aromatic heterocycles. The summed E-state index contributed by atoms with van der Waals surface area (Å²) in [5.74, 6) is -4.20. The van der Waals surface area contributed by atoms with Gasteiger partial charge in [-0.25, -0.2) is 0 Å². The molecule has 1 saturated carbocycles. The standard InChI is InChI=1S/C25H22N2O6/c1-12-3-8-20(28)19(9-12)21(29)13-4-6-14(7-5-13)27-24(32)17-10-15-16(11-18(17)25(27)33)23(31)26(2)22(15)30/h3-9,15-18,28H,10-11H2,1-2H3. The molecule has 3 fully saturated rings. The molecule has 2 aromatic carbocycles. The number of aryl methyl sites for hydroxylation is 1. The van der Waals surface area contributed by atoms with Crippen LogP contribution in [0, 0.1) is 30.6 Å². The van der Waals surface area contributed by atoms with Gasteiger partial charge in [0.15, 0.2) is 5.78 Å². The van der Waals surface area contributed by atoms with E-state index in [1.54, 1.807) is 12.1 Å².